The molecule has 0 aliphatic rings. The average Bonchev–Trinajstić information content (AvgIpc) is 2.53. The Morgan fingerprint density at radius 2 is 1.71 bits per heavy atom. The maximum absolute atomic E-state index is 12.6. The number of carbonyl (C=O) groups excluding carboxylic acids is 1. The zero-order valence-electron chi connectivity index (χ0n) is 12.3. The highest BCUT2D eigenvalue weighted by Gasteiger charge is 2.19. The molecule has 0 atom stereocenters. The van der Waals surface area contributed by atoms with Crippen LogP contribution in [-0.2, 0) is 0 Å². The zero-order valence-corrected chi connectivity index (χ0v) is 12.3. The third kappa shape index (κ3) is 2.91. The van der Waals surface area contributed by atoms with Crippen LogP contribution in [0.4, 0.5) is 11.4 Å². The molecule has 0 fully saturated rings. The third-order valence-electron chi connectivity index (χ3n) is 3.24. The van der Waals surface area contributed by atoms with Gasteiger partial charge in [-0.3, -0.25) is 4.79 Å². The number of carbonyl (C=O) groups is 1. The average molecular weight is 286 g/mol. The van der Waals surface area contributed by atoms with Gasteiger partial charge in [0, 0.05) is 12.7 Å². The van der Waals surface area contributed by atoms with Crippen LogP contribution in [0, 0.1) is 0 Å². The molecule has 0 saturated carbocycles. The first-order chi connectivity index (χ1) is 10.1. The van der Waals surface area contributed by atoms with Crippen molar-refractivity contribution in [1.82, 2.24) is 0 Å². The minimum Gasteiger partial charge on any atom is -0.497 e. The second-order valence-corrected chi connectivity index (χ2v) is 4.49. The normalized spacial score (nSPS) is 10.0. The molecule has 0 heterocycles. The molecule has 21 heavy (non-hydrogen) atoms. The number of anilines is 2. The van der Waals surface area contributed by atoms with Crippen LogP contribution in [0.1, 0.15) is 10.4 Å². The summed E-state index contributed by atoms with van der Waals surface area (Å²) in [4.78, 5) is 14.1. The number of nitrogens with two attached hydrogens (primary N) is 1. The molecular weight excluding hydrogens is 268 g/mol. The Bertz CT molecular complexity index is 638. The molecule has 0 saturated heterocycles. The van der Waals surface area contributed by atoms with Crippen LogP contribution in [0.15, 0.2) is 42.5 Å². The van der Waals surface area contributed by atoms with E-state index < -0.39 is 0 Å². The summed E-state index contributed by atoms with van der Waals surface area (Å²) in [5, 5.41) is 0. The van der Waals surface area contributed by atoms with Gasteiger partial charge in [-0.1, -0.05) is 6.07 Å². The molecule has 0 spiro atoms. The smallest absolute Gasteiger partial charge is 0.261 e. The molecule has 0 unspecified atom stereocenters. The van der Waals surface area contributed by atoms with Crippen LogP contribution in [0.5, 0.6) is 11.5 Å². The summed E-state index contributed by atoms with van der Waals surface area (Å²) in [6.45, 7) is 0. The van der Waals surface area contributed by atoms with Crippen molar-refractivity contribution in [3.05, 3.63) is 48.0 Å². The van der Waals surface area contributed by atoms with Crippen LogP contribution in [-0.4, -0.2) is 27.2 Å². The molecule has 0 aliphatic carbocycles. The van der Waals surface area contributed by atoms with Crippen molar-refractivity contribution in [3.63, 3.8) is 0 Å². The lowest BCUT2D eigenvalue weighted by molar-refractivity contribution is 0.0990. The minimum atomic E-state index is -0.190. The number of hydrogen-bond donors (Lipinski definition) is 1. The maximum atomic E-state index is 12.6. The van der Waals surface area contributed by atoms with E-state index >= 15 is 0 Å². The number of para-hydroxylation sites is 1. The van der Waals surface area contributed by atoms with Gasteiger partial charge in [0.1, 0.15) is 5.75 Å². The van der Waals surface area contributed by atoms with Crippen molar-refractivity contribution in [2.45, 2.75) is 0 Å². The first kappa shape index (κ1) is 14.7. The van der Waals surface area contributed by atoms with E-state index in [1.807, 2.05) is 12.1 Å². The van der Waals surface area contributed by atoms with E-state index in [9.17, 15) is 4.79 Å². The van der Waals surface area contributed by atoms with Gasteiger partial charge in [-0.05, 0) is 36.4 Å². The van der Waals surface area contributed by atoms with Crippen molar-refractivity contribution in [2.75, 3.05) is 31.9 Å². The molecule has 0 aromatic heterocycles. The van der Waals surface area contributed by atoms with E-state index in [4.69, 9.17) is 15.2 Å². The fraction of sp³-hybridized carbons (Fsp3) is 0.188. The van der Waals surface area contributed by atoms with Gasteiger partial charge in [-0.25, -0.2) is 0 Å². The molecule has 0 aliphatic heterocycles. The monoisotopic (exact) mass is 286 g/mol. The van der Waals surface area contributed by atoms with Gasteiger partial charge in [0.05, 0.1) is 25.5 Å². The number of methoxy groups -OCH3 is 2. The molecule has 110 valence electrons. The fourth-order valence-electron chi connectivity index (χ4n) is 2.05. The Morgan fingerprint density at radius 3 is 2.29 bits per heavy atom. The Balaban J connectivity index is 2.32. The van der Waals surface area contributed by atoms with Crippen molar-refractivity contribution in [3.8, 4) is 11.5 Å². The highest BCUT2D eigenvalue weighted by Crippen LogP contribution is 2.28. The molecule has 2 N–H and O–H groups in total. The van der Waals surface area contributed by atoms with E-state index in [0.29, 0.717) is 17.0 Å². The molecule has 1 amide bonds. The van der Waals surface area contributed by atoms with Crippen LogP contribution < -0.4 is 20.1 Å². The van der Waals surface area contributed by atoms with E-state index in [1.54, 1.807) is 44.5 Å². The molecule has 0 radical (unpaired) electrons. The van der Waals surface area contributed by atoms with Crippen LogP contribution >= 0.6 is 0 Å². The fourth-order valence-corrected chi connectivity index (χ4v) is 2.05. The highest BCUT2D eigenvalue weighted by atomic mass is 16.5. The predicted molar refractivity (Wildman–Crippen MR) is 83.1 cm³/mol. The standard InChI is InChI=1S/C16H18N2O3/c1-18(11-7-9-12(20-2)10-8-11)16(19)13-5-4-6-14(17)15(13)21-3/h4-10H,17H2,1-3H3. The topological polar surface area (TPSA) is 64.8 Å². The Labute approximate surface area is 123 Å². The van der Waals surface area contributed by atoms with Gasteiger partial charge in [0.25, 0.3) is 5.91 Å². The molecular formula is C16H18N2O3. The summed E-state index contributed by atoms with van der Waals surface area (Å²) < 4.78 is 10.3. The van der Waals surface area contributed by atoms with E-state index in [2.05, 4.69) is 0 Å². The maximum Gasteiger partial charge on any atom is 0.261 e. The van der Waals surface area contributed by atoms with Crippen LogP contribution in [0.2, 0.25) is 0 Å². The Morgan fingerprint density at radius 1 is 1.05 bits per heavy atom. The van der Waals surface area contributed by atoms with Gasteiger partial charge in [0.2, 0.25) is 0 Å². The van der Waals surface area contributed by atoms with Crippen LogP contribution in [0.25, 0.3) is 0 Å². The lowest BCUT2D eigenvalue weighted by Crippen LogP contribution is -2.26. The van der Waals surface area contributed by atoms with Crippen molar-refractivity contribution in [1.29, 1.82) is 0 Å². The molecule has 2 aromatic rings. The van der Waals surface area contributed by atoms with Crippen molar-refractivity contribution < 1.29 is 14.3 Å². The summed E-state index contributed by atoms with van der Waals surface area (Å²) in [6, 6.07) is 12.4. The summed E-state index contributed by atoms with van der Waals surface area (Å²) in [7, 11) is 4.80. The first-order valence-corrected chi connectivity index (χ1v) is 6.43. The number of nitrogen functional groups attached to an aromatic ring is 1. The number of nitrogens with zero attached hydrogens (tertiary/aromatic N) is 1. The lowest BCUT2D eigenvalue weighted by atomic mass is 10.1. The van der Waals surface area contributed by atoms with Crippen LogP contribution in [0.3, 0.4) is 0 Å². The zero-order chi connectivity index (χ0) is 15.4. The summed E-state index contributed by atoms with van der Waals surface area (Å²) in [5.74, 6) is 0.938. The number of benzene rings is 2. The molecule has 2 rings (SSSR count). The van der Waals surface area contributed by atoms with Gasteiger partial charge in [-0.15, -0.1) is 0 Å². The molecule has 2 aromatic carbocycles. The Kier molecular flexibility index (Phi) is 4.33. The van der Waals surface area contributed by atoms with Crippen molar-refractivity contribution in [2.24, 2.45) is 0 Å². The highest BCUT2D eigenvalue weighted by molar-refractivity contribution is 6.08. The first-order valence-electron chi connectivity index (χ1n) is 6.43. The number of amides is 1. The van der Waals surface area contributed by atoms with Gasteiger partial charge in [0.15, 0.2) is 5.75 Å². The van der Waals surface area contributed by atoms with E-state index in [1.165, 1.54) is 12.0 Å². The summed E-state index contributed by atoms with van der Waals surface area (Å²) in [6.07, 6.45) is 0. The Hall–Kier alpha value is -2.69. The summed E-state index contributed by atoms with van der Waals surface area (Å²) in [5.41, 5.74) is 7.45. The van der Waals surface area contributed by atoms with Gasteiger partial charge < -0.3 is 20.1 Å². The number of ether oxygens (including phenoxy) is 2. The molecule has 5 nitrogen and oxygen atoms in total. The SMILES string of the molecule is COc1ccc(N(C)C(=O)c2cccc(N)c2OC)cc1. The largest absolute Gasteiger partial charge is 0.497 e. The van der Waals surface area contributed by atoms with Gasteiger partial charge in [-0.2, -0.15) is 0 Å². The van der Waals surface area contributed by atoms with Crippen molar-refractivity contribution >= 4 is 17.3 Å². The molecule has 0 bridgehead atoms. The predicted octanol–water partition coefficient (Wildman–Crippen LogP) is 2.56. The minimum absolute atomic E-state index is 0.190. The second kappa shape index (κ2) is 6.17. The van der Waals surface area contributed by atoms with Gasteiger partial charge >= 0.3 is 0 Å². The quantitative estimate of drug-likeness (QED) is 0.877. The number of rotatable bonds is 4. The third-order valence-corrected chi connectivity index (χ3v) is 3.24. The lowest BCUT2D eigenvalue weighted by Gasteiger charge is -2.19. The summed E-state index contributed by atoms with van der Waals surface area (Å²) >= 11 is 0. The van der Waals surface area contributed by atoms with E-state index in [0.717, 1.165) is 11.4 Å². The van der Waals surface area contributed by atoms with E-state index in [-0.39, 0.29) is 5.91 Å². The number of hydrogen-bond acceptors (Lipinski definition) is 4. The molecule has 5 heteroatoms. The second-order valence-electron chi connectivity index (χ2n) is 4.49.